The van der Waals surface area contributed by atoms with Crippen molar-refractivity contribution in [3.05, 3.63) is 29.8 Å². The van der Waals surface area contributed by atoms with E-state index in [0.717, 1.165) is 37.2 Å². The average molecular weight is 260 g/mol. The molecular weight excluding hydrogens is 236 g/mol. The molecular formula is C16H24N2O. The summed E-state index contributed by atoms with van der Waals surface area (Å²) in [6, 6.07) is 8.22. The van der Waals surface area contributed by atoms with Gasteiger partial charge in [-0.1, -0.05) is 13.8 Å². The molecule has 2 rings (SSSR count). The van der Waals surface area contributed by atoms with Crippen LogP contribution in [-0.4, -0.2) is 29.9 Å². The van der Waals surface area contributed by atoms with Crippen LogP contribution >= 0.6 is 0 Å². The standard InChI is InChI=1S/C16H24N2O/c1-4-17-14-9-7-13(8-10-14)16(19)18-11-5-6-15(18)12(2)3/h7-10,12,15,17H,4-6,11H2,1-3H3. The van der Waals surface area contributed by atoms with Gasteiger partial charge in [0.25, 0.3) is 5.91 Å². The first kappa shape index (κ1) is 13.9. The first-order chi connectivity index (χ1) is 9.13. The molecule has 1 aromatic rings. The van der Waals surface area contributed by atoms with Crippen LogP contribution in [0.3, 0.4) is 0 Å². The van der Waals surface area contributed by atoms with Gasteiger partial charge in [0.2, 0.25) is 0 Å². The van der Waals surface area contributed by atoms with E-state index in [-0.39, 0.29) is 5.91 Å². The quantitative estimate of drug-likeness (QED) is 0.900. The largest absolute Gasteiger partial charge is 0.385 e. The Balaban J connectivity index is 2.10. The van der Waals surface area contributed by atoms with E-state index in [1.165, 1.54) is 0 Å². The van der Waals surface area contributed by atoms with Gasteiger partial charge in [-0.15, -0.1) is 0 Å². The third kappa shape index (κ3) is 3.09. The molecule has 1 N–H and O–H groups in total. The molecule has 1 aliphatic rings. The van der Waals surface area contributed by atoms with Crippen LogP contribution in [-0.2, 0) is 0 Å². The van der Waals surface area contributed by atoms with Crippen LogP contribution in [0.15, 0.2) is 24.3 Å². The van der Waals surface area contributed by atoms with Crippen LogP contribution in [0.5, 0.6) is 0 Å². The van der Waals surface area contributed by atoms with Gasteiger partial charge in [-0.3, -0.25) is 4.79 Å². The van der Waals surface area contributed by atoms with Gasteiger partial charge < -0.3 is 10.2 Å². The minimum absolute atomic E-state index is 0.180. The van der Waals surface area contributed by atoms with E-state index < -0.39 is 0 Å². The lowest BCUT2D eigenvalue weighted by molar-refractivity contribution is 0.0701. The van der Waals surface area contributed by atoms with Crippen LogP contribution in [0.2, 0.25) is 0 Å². The summed E-state index contributed by atoms with van der Waals surface area (Å²) in [6.45, 7) is 8.26. The van der Waals surface area contributed by atoms with Gasteiger partial charge in [-0.25, -0.2) is 0 Å². The summed E-state index contributed by atoms with van der Waals surface area (Å²) < 4.78 is 0. The Morgan fingerprint density at radius 2 is 2.05 bits per heavy atom. The van der Waals surface area contributed by atoms with Crippen molar-refractivity contribution >= 4 is 11.6 Å². The van der Waals surface area contributed by atoms with Gasteiger partial charge in [0.05, 0.1) is 0 Å². The molecule has 1 saturated heterocycles. The fourth-order valence-electron chi connectivity index (χ4n) is 2.84. The number of nitrogens with zero attached hydrogens (tertiary/aromatic N) is 1. The van der Waals surface area contributed by atoms with Gasteiger partial charge in [0.15, 0.2) is 0 Å². The van der Waals surface area contributed by atoms with E-state index >= 15 is 0 Å². The second-order valence-corrected chi connectivity index (χ2v) is 5.56. The molecule has 1 aliphatic heterocycles. The highest BCUT2D eigenvalue weighted by atomic mass is 16.2. The van der Waals surface area contributed by atoms with Crippen molar-refractivity contribution in [1.29, 1.82) is 0 Å². The SMILES string of the molecule is CCNc1ccc(C(=O)N2CCCC2C(C)C)cc1. The normalized spacial score (nSPS) is 18.9. The van der Waals surface area contributed by atoms with Crippen molar-refractivity contribution in [3.8, 4) is 0 Å². The number of rotatable bonds is 4. The predicted molar refractivity (Wildman–Crippen MR) is 79.5 cm³/mol. The van der Waals surface area contributed by atoms with Gasteiger partial charge in [0.1, 0.15) is 0 Å². The number of hydrogen-bond acceptors (Lipinski definition) is 2. The molecule has 0 aliphatic carbocycles. The zero-order chi connectivity index (χ0) is 13.8. The molecule has 104 valence electrons. The summed E-state index contributed by atoms with van der Waals surface area (Å²) in [6.07, 6.45) is 2.27. The second kappa shape index (κ2) is 6.09. The van der Waals surface area contributed by atoms with Crippen molar-refractivity contribution in [2.45, 2.75) is 39.7 Å². The molecule has 3 nitrogen and oxygen atoms in total. The zero-order valence-corrected chi connectivity index (χ0v) is 12.1. The molecule has 1 fully saturated rings. The third-order valence-electron chi connectivity index (χ3n) is 3.84. The molecule has 1 heterocycles. The molecule has 1 amide bonds. The lowest BCUT2D eigenvalue weighted by Crippen LogP contribution is -2.38. The topological polar surface area (TPSA) is 32.3 Å². The highest BCUT2D eigenvalue weighted by Crippen LogP contribution is 2.25. The fraction of sp³-hybridized carbons (Fsp3) is 0.562. The number of amides is 1. The first-order valence-corrected chi connectivity index (χ1v) is 7.28. The van der Waals surface area contributed by atoms with Gasteiger partial charge in [-0.05, 0) is 49.9 Å². The van der Waals surface area contributed by atoms with E-state index in [2.05, 4.69) is 26.1 Å². The highest BCUT2D eigenvalue weighted by Gasteiger charge is 2.31. The Bertz CT molecular complexity index is 425. The molecule has 0 saturated carbocycles. The molecule has 0 aromatic heterocycles. The number of hydrogen-bond donors (Lipinski definition) is 1. The second-order valence-electron chi connectivity index (χ2n) is 5.56. The summed E-state index contributed by atoms with van der Waals surface area (Å²) in [4.78, 5) is 14.6. The van der Waals surface area contributed by atoms with Crippen LogP contribution in [0, 0.1) is 5.92 Å². The van der Waals surface area contributed by atoms with E-state index in [9.17, 15) is 4.79 Å². The lowest BCUT2D eigenvalue weighted by Gasteiger charge is -2.27. The smallest absolute Gasteiger partial charge is 0.254 e. The number of carbonyl (C=O) groups excluding carboxylic acids is 1. The summed E-state index contributed by atoms with van der Waals surface area (Å²) in [5.41, 5.74) is 1.87. The summed E-state index contributed by atoms with van der Waals surface area (Å²) >= 11 is 0. The van der Waals surface area contributed by atoms with Crippen LogP contribution in [0.4, 0.5) is 5.69 Å². The maximum Gasteiger partial charge on any atom is 0.254 e. The van der Waals surface area contributed by atoms with Crippen molar-refractivity contribution < 1.29 is 4.79 Å². The summed E-state index contributed by atoms with van der Waals surface area (Å²) in [7, 11) is 0. The Hall–Kier alpha value is -1.51. The van der Waals surface area contributed by atoms with Crippen LogP contribution < -0.4 is 5.32 Å². The van der Waals surface area contributed by atoms with Crippen molar-refractivity contribution in [2.75, 3.05) is 18.4 Å². The highest BCUT2D eigenvalue weighted by molar-refractivity contribution is 5.95. The van der Waals surface area contributed by atoms with Crippen molar-refractivity contribution in [3.63, 3.8) is 0 Å². The summed E-state index contributed by atoms with van der Waals surface area (Å²) in [5, 5.41) is 3.25. The van der Waals surface area contributed by atoms with E-state index in [1.807, 2.05) is 29.2 Å². The van der Waals surface area contributed by atoms with Gasteiger partial charge in [-0.2, -0.15) is 0 Å². The van der Waals surface area contributed by atoms with Crippen LogP contribution in [0.1, 0.15) is 44.0 Å². The molecule has 3 heteroatoms. The predicted octanol–water partition coefficient (Wildman–Crippen LogP) is 3.38. The van der Waals surface area contributed by atoms with Crippen molar-refractivity contribution in [2.24, 2.45) is 5.92 Å². The van der Waals surface area contributed by atoms with Gasteiger partial charge in [0, 0.05) is 30.4 Å². The Kier molecular flexibility index (Phi) is 4.46. The molecule has 0 spiro atoms. The fourth-order valence-corrected chi connectivity index (χ4v) is 2.84. The van der Waals surface area contributed by atoms with E-state index in [4.69, 9.17) is 0 Å². The monoisotopic (exact) mass is 260 g/mol. The van der Waals surface area contributed by atoms with E-state index in [0.29, 0.717) is 12.0 Å². The number of benzene rings is 1. The molecule has 1 atom stereocenters. The number of carbonyl (C=O) groups is 1. The minimum Gasteiger partial charge on any atom is -0.385 e. The Morgan fingerprint density at radius 3 is 2.63 bits per heavy atom. The van der Waals surface area contributed by atoms with Crippen LogP contribution in [0.25, 0.3) is 0 Å². The van der Waals surface area contributed by atoms with Gasteiger partial charge >= 0.3 is 0 Å². The third-order valence-corrected chi connectivity index (χ3v) is 3.84. The molecule has 19 heavy (non-hydrogen) atoms. The zero-order valence-electron chi connectivity index (χ0n) is 12.1. The Morgan fingerprint density at radius 1 is 1.37 bits per heavy atom. The molecule has 1 aromatic carbocycles. The molecule has 0 bridgehead atoms. The maximum atomic E-state index is 12.5. The molecule has 1 unspecified atom stereocenters. The molecule has 0 radical (unpaired) electrons. The number of anilines is 1. The first-order valence-electron chi connectivity index (χ1n) is 7.28. The summed E-state index contributed by atoms with van der Waals surface area (Å²) in [5.74, 6) is 0.715. The van der Waals surface area contributed by atoms with E-state index in [1.54, 1.807) is 0 Å². The Labute approximate surface area is 116 Å². The number of nitrogens with one attached hydrogen (secondary N) is 1. The van der Waals surface area contributed by atoms with Crippen molar-refractivity contribution in [1.82, 2.24) is 4.90 Å². The average Bonchev–Trinajstić information content (AvgIpc) is 2.88. The maximum absolute atomic E-state index is 12.5. The lowest BCUT2D eigenvalue weighted by atomic mass is 10.0. The number of likely N-dealkylation sites (tertiary alicyclic amines) is 1. The minimum atomic E-state index is 0.180.